The third-order valence-corrected chi connectivity index (χ3v) is 2.00. The molecule has 1 aromatic carbocycles. The lowest BCUT2D eigenvalue weighted by Crippen LogP contribution is -1.83. The van der Waals surface area contributed by atoms with Gasteiger partial charge in [0.2, 0.25) is 0 Å². The largest absolute Gasteiger partial charge is 0.0841 e. The van der Waals surface area contributed by atoms with Gasteiger partial charge in [0, 0.05) is 0 Å². The minimum Gasteiger partial charge on any atom is -0.0841 e. The highest BCUT2D eigenvalue weighted by molar-refractivity contribution is 5.65. The zero-order valence-corrected chi connectivity index (χ0v) is 7.39. The van der Waals surface area contributed by atoms with E-state index in [-0.39, 0.29) is 0 Å². The quantitative estimate of drug-likeness (QED) is 0.569. The minimum atomic E-state index is 1.35. The van der Waals surface area contributed by atoms with Crippen molar-refractivity contribution in [3.05, 3.63) is 41.5 Å². The van der Waals surface area contributed by atoms with Crippen LogP contribution in [0.3, 0.4) is 0 Å². The number of rotatable bonds is 1. The molecule has 0 spiro atoms. The lowest BCUT2D eigenvalue weighted by molar-refractivity contribution is 1.40. The van der Waals surface area contributed by atoms with Crippen LogP contribution in [0.25, 0.3) is 5.57 Å². The van der Waals surface area contributed by atoms with Crippen LogP contribution in [0.5, 0.6) is 0 Å². The monoisotopic (exact) mass is 146 g/mol. The van der Waals surface area contributed by atoms with Crippen molar-refractivity contribution in [3.63, 3.8) is 0 Å². The summed E-state index contributed by atoms with van der Waals surface area (Å²) < 4.78 is 0. The molecule has 0 saturated carbocycles. The summed E-state index contributed by atoms with van der Waals surface area (Å²) in [4.78, 5) is 0. The smallest absolute Gasteiger partial charge is 0.0201 e. The molecule has 0 aliphatic rings. The van der Waals surface area contributed by atoms with Crippen LogP contribution in [-0.2, 0) is 0 Å². The Balaban J connectivity index is 3.14. The van der Waals surface area contributed by atoms with Gasteiger partial charge in [-0.1, -0.05) is 30.3 Å². The Kier molecular flexibility index (Phi) is 2.48. The molecule has 0 N–H and O–H groups in total. The van der Waals surface area contributed by atoms with Gasteiger partial charge in [0.15, 0.2) is 0 Å². The standard InChI is InChI=1S/C11H14/c1-4-9(2)11-8-6-5-7-10(11)3/h4-8H,1-3H3/b9-4+. The number of benzene rings is 1. The summed E-state index contributed by atoms with van der Waals surface area (Å²) in [6.07, 6.45) is 2.14. The maximum absolute atomic E-state index is 2.16. The fourth-order valence-electron chi connectivity index (χ4n) is 1.17. The normalized spacial score (nSPS) is 11.7. The van der Waals surface area contributed by atoms with E-state index >= 15 is 0 Å². The SMILES string of the molecule is C/C=C(\C)c1ccccc1C. The minimum absolute atomic E-state index is 1.35. The fourth-order valence-corrected chi connectivity index (χ4v) is 1.17. The molecule has 0 atom stereocenters. The summed E-state index contributed by atoms with van der Waals surface area (Å²) in [6.45, 7) is 6.35. The average molecular weight is 146 g/mol. The summed E-state index contributed by atoms with van der Waals surface area (Å²) >= 11 is 0. The van der Waals surface area contributed by atoms with E-state index in [1.165, 1.54) is 16.7 Å². The highest BCUT2D eigenvalue weighted by atomic mass is 14.0. The van der Waals surface area contributed by atoms with Gasteiger partial charge in [-0.2, -0.15) is 0 Å². The summed E-state index contributed by atoms with van der Waals surface area (Å²) in [5.41, 5.74) is 4.06. The molecule has 0 aliphatic heterocycles. The van der Waals surface area contributed by atoms with E-state index in [4.69, 9.17) is 0 Å². The first-order chi connectivity index (χ1) is 5.25. The second kappa shape index (κ2) is 3.38. The Hall–Kier alpha value is -1.04. The summed E-state index contributed by atoms with van der Waals surface area (Å²) in [6, 6.07) is 8.45. The van der Waals surface area contributed by atoms with Crippen LogP contribution >= 0.6 is 0 Å². The molecule has 58 valence electrons. The molecule has 0 heterocycles. The Bertz CT molecular complexity index is 269. The average Bonchev–Trinajstić information content (AvgIpc) is 2.04. The molecule has 0 nitrogen and oxygen atoms in total. The Morgan fingerprint density at radius 2 is 1.91 bits per heavy atom. The van der Waals surface area contributed by atoms with Crippen LogP contribution in [-0.4, -0.2) is 0 Å². The van der Waals surface area contributed by atoms with Gasteiger partial charge in [0.25, 0.3) is 0 Å². The van der Waals surface area contributed by atoms with Gasteiger partial charge in [-0.3, -0.25) is 0 Å². The summed E-state index contributed by atoms with van der Waals surface area (Å²) in [5, 5.41) is 0. The lowest BCUT2D eigenvalue weighted by Gasteiger charge is -2.03. The topological polar surface area (TPSA) is 0 Å². The molecule has 0 fully saturated rings. The molecule has 0 bridgehead atoms. The van der Waals surface area contributed by atoms with Crippen molar-refractivity contribution in [3.8, 4) is 0 Å². The Morgan fingerprint density at radius 1 is 1.27 bits per heavy atom. The van der Waals surface area contributed by atoms with Gasteiger partial charge >= 0.3 is 0 Å². The van der Waals surface area contributed by atoms with Crippen molar-refractivity contribution in [2.24, 2.45) is 0 Å². The van der Waals surface area contributed by atoms with Gasteiger partial charge in [0.05, 0.1) is 0 Å². The van der Waals surface area contributed by atoms with Gasteiger partial charge in [-0.05, 0) is 37.5 Å². The van der Waals surface area contributed by atoms with E-state index in [2.05, 4.69) is 51.1 Å². The van der Waals surface area contributed by atoms with Crippen molar-refractivity contribution in [2.75, 3.05) is 0 Å². The fraction of sp³-hybridized carbons (Fsp3) is 0.273. The van der Waals surface area contributed by atoms with E-state index in [9.17, 15) is 0 Å². The summed E-state index contributed by atoms with van der Waals surface area (Å²) in [5.74, 6) is 0. The van der Waals surface area contributed by atoms with E-state index in [1.54, 1.807) is 0 Å². The lowest BCUT2D eigenvalue weighted by atomic mass is 10.0. The van der Waals surface area contributed by atoms with Crippen LogP contribution in [0.2, 0.25) is 0 Å². The molecule has 0 radical (unpaired) electrons. The third-order valence-electron chi connectivity index (χ3n) is 2.00. The number of allylic oxidation sites excluding steroid dienone is 2. The molecular weight excluding hydrogens is 132 g/mol. The van der Waals surface area contributed by atoms with Crippen LogP contribution in [0.15, 0.2) is 30.3 Å². The van der Waals surface area contributed by atoms with Crippen LogP contribution in [0, 0.1) is 6.92 Å². The molecule has 1 aromatic rings. The highest BCUT2D eigenvalue weighted by Gasteiger charge is 1.95. The molecule has 0 amide bonds. The zero-order valence-electron chi connectivity index (χ0n) is 7.39. The molecule has 0 saturated heterocycles. The number of aryl methyl sites for hydroxylation is 1. The van der Waals surface area contributed by atoms with Gasteiger partial charge in [-0.15, -0.1) is 0 Å². The highest BCUT2D eigenvalue weighted by Crippen LogP contribution is 2.16. The third kappa shape index (κ3) is 1.70. The Morgan fingerprint density at radius 3 is 2.45 bits per heavy atom. The first-order valence-corrected chi connectivity index (χ1v) is 3.94. The first kappa shape index (κ1) is 8.06. The van der Waals surface area contributed by atoms with E-state index in [1.807, 2.05) is 0 Å². The molecule has 0 aromatic heterocycles. The van der Waals surface area contributed by atoms with Crippen LogP contribution in [0.4, 0.5) is 0 Å². The zero-order chi connectivity index (χ0) is 8.27. The van der Waals surface area contributed by atoms with Crippen LogP contribution in [0.1, 0.15) is 25.0 Å². The molecule has 1 rings (SSSR count). The van der Waals surface area contributed by atoms with E-state index in [0.717, 1.165) is 0 Å². The maximum Gasteiger partial charge on any atom is -0.0201 e. The number of hydrogen-bond donors (Lipinski definition) is 0. The second-order valence-electron chi connectivity index (χ2n) is 2.79. The number of hydrogen-bond acceptors (Lipinski definition) is 0. The predicted molar refractivity (Wildman–Crippen MR) is 50.5 cm³/mol. The van der Waals surface area contributed by atoms with Crippen molar-refractivity contribution in [2.45, 2.75) is 20.8 Å². The molecule has 0 aliphatic carbocycles. The summed E-state index contributed by atoms with van der Waals surface area (Å²) in [7, 11) is 0. The van der Waals surface area contributed by atoms with E-state index in [0.29, 0.717) is 0 Å². The van der Waals surface area contributed by atoms with Crippen LogP contribution < -0.4 is 0 Å². The first-order valence-electron chi connectivity index (χ1n) is 3.94. The van der Waals surface area contributed by atoms with Crippen molar-refractivity contribution in [1.82, 2.24) is 0 Å². The van der Waals surface area contributed by atoms with Crippen molar-refractivity contribution < 1.29 is 0 Å². The molecule has 11 heavy (non-hydrogen) atoms. The maximum atomic E-state index is 2.16. The van der Waals surface area contributed by atoms with Gasteiger partial charge < -0.3 is 0 Å². The van der Waals surface area contributed by atoms with Crippen molar-refractivity contribution >= 4 is 5.57 Å². The van der Waals surface area contributed by atoms with Gasteiger partial charge in [0.1, 0.15) is 0 Å². The predicted octanol–water partition coefficient (Wildman–Crippen LogP) is 3.42. The Labute approximate surface area is 68.6 Å². The molecule has 0 heteroatoms. The van der Waals surface area contributed by atoms with E-state index < -0.39 is 0 Å². The molecular formula is C11H14. The molecule has 0 unspecified atom stereocenters. The van der Waals surface area contributed by atoms with Crippen molar-refractivity contribution in [1.29, 1.82) is 0 Å². The second-order valence-corrected chi connectivity index (χ2v) is 2.79. The van der Waals surface area contributed by atoms with Gasteiger partial charge in [-0.25, -0.2) is 0 Å².